The molecular formula is C37H43N3O8. The molecule has 0 radical (unpaired) electrons. The van der Waals surface area contributed by atoms with Crippen molar-refractivity contribution in [1.82, 2.24) is 10.2 Å². The number of aliphatic hydroxyl groups is 1. The van der Waals surface area contributed by atoms with Crippen molar-refractivity contribution in [1.29, 1.82) is 0 Å². The van der Waals surface area contributed by atoms with Crippen molar-refractivity contribution in [2.45, 2.75) is 63.0 Å². The van der Waals surface area contributed by atoms with Crippen molar-refractivity contribution in [3.63, 3.8) is 0 Å². The molecule has 7 atom stereocenters. The number of carbonyl (C=O) groups excluding carboxylic acids is 4. The maximum atomic E-state index is 15.0. The second-order valence-electron chi connectivity index (χ2n) is 13.2. The van der Waals surface area contributed by atoms with Crippen LogP contribution in [0.25, 0.3) is 0 Å². The van der Waals surface area contributed by atoms with Gasteiger partial charge in [-0.3, -0.25) is 19.2 Å². The van der Waals surface area contributed by atoms with E-state index in [1.54, 1.807) is 48.4 Å². The number of cyclic esters (lactones) is 1. The molecule has 48 heavy (non-hydrogen) atoms. The van der Waals surface area contributed by atoms with Crippen LogP contribution < -0.4 is 15.0 Å². The van der Waals surface area contributed by atoms with Crippen LogP contribution in [-0.2, 0) is 28.7 Å². The van der Waals surface area contributed by atoms with Gasteiger partial charge >= 0.3 is 5.97 Å². The van der Waals surface area contributed by atoms with Gasteiger partial charge in [0.05, 0.1) is 38.3 Å². The number of nitrogens with zero attached hydrogens (tertiary/aromatic N) is 2. The third-order valence-electron chi connectivity index (χ3n) is 9.72. The number of ether oxygens (including phenoxy) is 3. The summed E-state index contributed by atoms with van der Waals surface area (Å²) in [6.07, 6.45) is 6.62. The number of esters is 1. The fraction of sp³-hybridized carbons (Fsp3) is 0.459. The molecule has 11 heteroatoms. The van der Waals surface area contributed by atoms with Crippen molar-refractivity contribution in [3.05, 3.63) is 84.5 Å². The number of aliphatic hydroxyl groups excluding tert-OH is 1. The smallest absolute Gasteiger partial charge is 0.313 e. The SMILES string of the molecule is COc1ccc(N2C/C=C\CCC(=O)NC[C@@H](c3ccccc3)OC(=O)[C@@H]3[C@@H]4C=C[C@]5(O4)[C@H](C2=O)N([C@@H](CO)CC(C)C)C(=O)[C@@H]35)cc1. The molecule has 11 nitrogen and oxygen atoms in total. The molecule has 2 N–H and O–H groups in total. The third kappa shape index (κ3) is 6.12. The zero-order valence-electron chi connectivity index (χ0n) is 27.5. The van der Waals surface area contributed by atoms with Gasteiger partial charge in [0.25, 0.3) is 5.91 Å². The zero-order valence-corrected chi connectivity index (χ0v) is 27.5. The van der Waals surface area contributed by atoms with Crippen LogP contribution in [0.1, 0.15) is 44.8 Å². The highest BCUT2D eigenvalue weighted by atomic mass is 16.6. The summed E-state index contributed by atoms with van der Waals surface area (Å²) in [5.41, 5.74) is -0.194. The van der Waals surface area contributed by atoms with Crippen molar-refractivity contribution < 1.29 is 38.5 Å². The van der Waals surface area contributed by atoms with Gasteiger partial charge in [-0.25, -0.2) is 0 Å². The molecule has 5 bridgehead atoms. The van der Waals surface area contributed by atoms with Gasteiger partial charge in [0, 0.05) is 18.7 Å². The number of hydrogen-bond acceptors (Lipinski definition) is 8. The van der Waals surface area contributed by atoms with Gasteiger partial charge in [0.2, 0.25) is 11.8 Å². The lowest BCUT2D eigenvalue weighted by molar-refractivity contribution is -0.160. The molecule has 0 aromatic heterocycles. The molecule has 0 saturated carbocycles. The van der Waals surface area contributed by atoms with Crippen molar-refractivity contribution >= 4 is 29.4 Å². The summed E-state index contributed by atoms with van der Waals surface area (Å²) < 4.78 is 18.0. The first kappa shape index (κ1) is 33.4. The number of methoxy groups -OCH3 is 1. The third-order valence-corrected chi connectivity index (χ3v) is 9.72. The number of fused-ring (bicyclic) bond motifs is 2. The predicted octanol–water partition coefficient (Wildman–Crippen LogP) is 3.34. The van der Waals surface area contributed by atoms with Crippen LogP contribution in [0.5, 0.6) is 5.75 Å². The van der Waals surface area contributed by atoms with Gasteiger partial charge in [0.1, 0.15) is 29.4 Å². The van der Waals surface area contributed by atoms with Gasteiger partial charge < -0.3 is 34.4 Å². The van der Waals surface area contributed by atoms with E-state index in [1.165, 1.54) is 4.90 Å². The maximum absolute atomic E-state index is 15.0. The Morgan fingerprint density at radius 1 is 1.02 bits per heavy atom. The molecule has 4 aliphatic rings. The van der Waals surface area contributed by atoms with Crippen LogP contribution in [0.15, 0.2) is 78.9 Å². The molecule has 3 amide bonds. The molecule has 2 saturated heterocycles. The first-order valence-electron chi connectivity index (χ1n) is 16.6. The molecule has 2 fully saturated rings. The van der Waals surface area contributed by atoms with E-state index in [1.807, 2.05) is 56.3 Å². The van der Waals surface area contributed by atoms with Gasteiger partial charge in [-0.15, -0.1) is 0 Å². The van der Waals surface area contributed by atoms with E-state index >= 15 is 4.79 Å². The lowest BCUT2D eigenvalue weighted by Gasteiger charge is -2.39. The predicted molar refractivity (Wildman–Crippen MR) is 177 cm³/mol. The van der Waals surface area contributed by atoms with E-state index in [0.29, 0.717) is 29.8 Å². The summed E-state index contributed by atoms with van der Waals surface area (Å²) >= 11 is 0. The average Bonchev–Trinajstić information content (AvgIpc) is 3.74. The summed E-state index contributed by atoms with van der Waals surface area (Å²) in [7, 11) is 1.56. The number of likely N-dealkylation sites (tertiary alicyclic amines) is 1. The lowest BCUT2D eigenvalue weighted by Crippen LogP contribution is -2.59. The van der Waals surface area contributed by atoms with E-state index in [-0.39, 0.29) is 37.9 Å². The minimum absolute atomic E-state index is 0.0512. The first-order valence-corrected chi connectivity index (χ1v) is 16.6. The van der Waals surface area contributed by atoms with Gasteiger partial charge in [0.15, 0.2) is 0 Å². The normalized spacial score (nSPS) is 30.3. The fourth-order valence-corrected chi connectivity index (χ4v) is 7.52. The van der Waals surface area contributed by atoms with Gasteiger partial charge in [-0.1, -0.05) is 68.5 Å². The highest BCUT2D eigenvalue weighted by Crippen LogP contribution is 2.56. The van der Waals surface area contributed by atoms with Crippen LogP contribution in [-0.4, -0.2) is 84.3 Å². The monoisotopic (exact) mass is 657 g/mol. The Bertz CT molecular complexity index is 1570. The molecule has 2 aromatic rings. The van der Waals surface area contributed by atoms with Crippen molar-refractivity contribution in [3.8, 4) is 5.75 Å². The summed E-state index contributed by atoms with van der Waals surface area (Å²) in [6, 6.07) is 14.3. The minimum Gasteiger partial charge on any atom is -0.497 e. The molecule has 6 rings (SSSR count). The molecule has 4 heterocycles. The second kappa shape index (κ2) is 13.9. The summed E-state index contributed by atoms with van der Waals surface area (Å²) in [6.45, 7) is 3.81. The van der Waals surface area contributed by atoms with Gasteiger partial charge in [-0.05, 0) is 48.6 Å². The Labute approximate surface area is 280 Å². The molecule has 2 aromatic carbocycles. The quantitative estimate of drug-likeness (QED) is 0.342. The zero-order chi connectivity index (χ0) is 34.0. The van der Waals surface area contributed by atoms with Gasteiger partial charge in [-0.2, -0.15) is 0 Å². The molecule has 254 valence electrons. The van der Waals surface area contributed by atoms with E-state index in [0.717, 1.165) is 0 Å². The van der Waals surface area contributed by atoms with Crippen LogP contribution in [0.2, 0.25) is 0 Å². The molecule has 0 unspecified atom stereocenters. The number of rotatable bonds is 7. The number of nitrogens with one attached hydrogen (secondary N) is 1. The Morgan fingerprint density at radius 3 is 2.46 bits per heavy atom. The number of anilines is 1. The molecule has 4 aliphatic heterocycles. The van der Waals surface area contributed by atoms with E-state index in [9.17, 15) is 19.5 Å². The Hall–Kier alpha value is -4.48. The lowest BCUT2D eigenvalue weighted by atomic mass is 9.74. The minimum atomic E-state index is -1.45. The topological polar surface area (TPSA) is 135 Å². The number of benzene rings is 2. The maximum Gasteiger partial charge on any atom is 0.313 e. The van der Waals surface area contributed by atoms with Crippen LogP contribution in [0.3, 0.4) is 0 Å². The second-order valence-corrected chi connectivity index (χ2v) is 13.2. The number of amides is 3. The summed E-state index contributed by atoms with van der Waals surface area (Å²) in [5.74, 6) is -3.07. The van der Waals surface area contributed by atoms with E-state index in [4.69, 9.17) is 14.2 Å². The molecule has 0 aliphatic carbocycles. The Morgan fingerprint density at radius 2 is 1.77 bits per heavy atom. The number of hydrogen-bond donors (Lipinski definition) is 2. The number of allylic oxidation sites excluding steroid dienone is 1. The Kier molecular flexibility index (Phi) is 9.70. The van der Waals surface area contributed by atoms with Crippen molar-refractivity contribution in [2.75, 3.05) is 31.7 Å². The Balaban J connectivity index is 1.46. The van der Waals surface area contributed by atoms with Crippen molar-refractivity contribution in [2.24, 2.45) is 17.8 Å². The molecule has 1 spiro atoms. The molecular weight excluding hydrogens is 614 g/mol. The standard InChI is InChI=1S/C37H43N3O8/c1-23(2)20-26(22-41)40-33-35(44)39(25-13-15-27(46-3)16-14-25)19-9-5-8-12-30(42)38-21-29(24-10-6-4-7-11-24)47-36(45)31-28-17-18-37(33,48-28)32(31)34(40)43/h4-7,9-11,13-18,23,26,28-29,31-33,41H,8,12,19-22H2,1-3H3,(H,38,42)/b9-5-/t26-,28+,29+,31-,32-,33+,37-/m1/s1. The summed E-state index contributed by atoms with van der Waals surface area (Å²) in [4.78, 5) is 59.7. The first-order chi connectivity index (χ1) is 23.2. The fourth-order valence-electron chi connectivity index (χ4n) is 7.52. The highest BCUT2D eigenvalue weighted by molar-refractivity contribution is 6.05. The number of carbonyl (C=O) groups is 4. The van der Waals surface area contributed by atoms with Crippen LogP contribution in [0, 0.1) is 17.8 Å². The highest BCUT2D eigenvalue weighted by Gasteiger charge is 2.74. The average molecular weight is 658 g/mol. The van der Waals surface area contributed by atoms with E-state index in [2.05, 4.69) is 5.32 Å². The largest absolute Gasteiger partial charge is 0.497 e. The summed E-state index contributed by atoms with van der Waals surface area (Å²) in [5, 5.41) is 13.5. The van der Waals surface area contributed by atoms with Crippen LogP contribution >= 0.6 is 0 Å². The van der Waals surface area contributed by atoms with Crippen LogP contribution in [0.4, 0.5) is 5.69 Å². The van der Waals surface area contributed by atoms with E-state index < -0.39 is 59.5 Å².